The predicted molar refractivity (Wildman–Crippen MR) is 83.7 cm³/mol. The van der Waals surface area contributed by atoms with Gasteiger partial charge in [0.15, 0.2) is 0 Å². The van der Waals surface area contributed by atoms with E-state index in [0.717, 1.165) is 5.01 Å². The lowest BCUT2D eigenvalue weighted by Gasteiger charge is -2.06. The van der Waals surface area contributed by atoms with Crippen molar-refractivity contribution in [2.24, 2.45) is 0 Å². The number of aromatic amines is 1. The molecule has 0 unspecified atom stereocenters. The molecule has 0 bridgehead atoms. The minimum atomic E-state index is -0.526. The van der Waals surface area contributed by atoms with Crippen molar-refractivity contribution in [3.05, 3.63) is 45.2 Å². The number of pyridine rings is 1. The molecule has 0 radical (unpaired) electrons. The number of benzene rings is 1. The van der Waals surface area contributed by atoms with E-state index in [1.807, 2.05) is 0 Å². The van der Waals surface area contributed by atoms with E-state index in [-0.39, 0.29) is 11.0 Å². The summed E-state index contributed by atoms with van der Waals surface area (Å²) in [6.45, 7) is 1.78. The molecule has 1 amide bonds. The molecule has 0 saturated carbocycles. The van der Waals surface area contributed by atoms with Crippen LogP contribution in [0.1, 0.15) is 15.4 Å². The van der Waals surface area contributed by atoms with Gasteiger partial charge in [0.1, 0.15) is 16.3 Å². The zero-order valence-electron chi connectivity index (χ0n) is 11.8. The van der Waals surface area contributed by atoms with Gasteiger partial charge in [-0.15, -0.1) is 10.2 Å². The van der Waals surface area contributed by atoms with Crippen LogP contribution in [0.4, 0.5) is 5.13 Å². The van der Waals surface area contributed by atoms with Crippen LogP contribution in [-0.4, -0.2) is 28.2 Å². The van der Waals surface area contributed by atoms with E-state index in [2.05, 4.69) is 20.5 Å². The number of nitrogens with one attached hydrogen (secondary N) is 2. The minimum Gasteiger partial charge on any atom is -0.495 e. The Morgan fingerprint density at radius 2 is 2.18 bits per heavy atom. The standard InChI is InChI=1S/C14H12N4O3S/c1-7-17-18-14(22-7)16-13(20)9-6-15-11-8(12(9)19)4-3-5-10(11)21-2/h3-6H,1-2H3,(H,15,19)(H,16,18,20). The number of hydrogen-bond donors (Lipinski definition) is 2. The van der Waals surface area contributed by atoms with Crippen molar-refractivity contribution in [2.75, 3.05) is 12.4 Å². The molecule has 112 valence electrons. The number of anilines is 1. The highest BCUT2D eigenvalue weighted by Gasteiger charge is 2.16. The predicted octanol–water partition coefficient (Wildman–Crippen LogP) is 1.95. The third-order valence-electron chi connectivity index (χ3n) is 3.09. The van der Waals surface area contributed by atoms with Crippen molar-refractivity contribution < 1.29 is 9.53 Å². The van der Waals surface area contributed by atoms with E-state index >= 15 is 0 Å². The Bertz CT molecular complexity index is 916. The van der Waals surface area contributed by atoms with Gasteiger partial charge in [0.25, 0.3) is 5.91 Å². The average Bonchev–Trinajstić information content (AvgIpc) is 2.92. The molecule has 0 fully saturated rings. The van der Waals surface area contributed by atoms with E-state index in [4.69, 9.17) is 4.74 Å². The first-order valence-corrected chi connectivity index (χ1v) is 7.21. The van der Waals surface area contributed by atoms with Gasteiger partial charge in [-0.05, 0) is 19.1 Å². The van der Waals surface area contributed by atoms with Crippen LogP contribution in [0.25, 0.3) is 10.9 Å². The van der Waals surface area contributed by atoms with Gasteiger partial charge < -0.3 is 9.72 Å². The number of methoxy groups -OCH3 is 1. The maximum Gasteiger partial charge on any atom is 0.262 e. The number of carbonyl (C=O) groups excluding carboxylic acids is 1. The fourth-order valence-corrected chi connectivity index (χ4v) is 2.66. The number of carbonyl (C=O) groups is 1. The average molecular weight is 316 g/mol. The van der Waals surface area contributed by atoms with Crippen LogP contribution in [0.5, 0.6) is 5.75 Å². The van der Waals surface area contributed by atoms with Gasteiger partial charge in [0, 0.05) is 6.20 Å². The van der Waals surface area contributed by atoms with Crippen LogP contribution >= 0.6 is 11.3 Å². The van der Waals surface area contributed by atoms with Gasteiger partial charge in [-0.3, -0.25) is 14.9 Å². The second-order valence-corrected chi connectivity index (χ2v) is 5.68. The second-order valence-electron chi connectivity index (χ2n) is 4.49. The smallest absolute Gasteiger partial charge is 0.262 e. The second kappa shape index (κ2) is 5.57. The van der Waals surface area contributed by atoms with Crippen LogP contribution in [-0.2, 0) is 0 Å². The molecule has 0 aliphatic rings. The monoisotopic (exact) mass is 316 g/mol. The van der Waals surface area contributed by atoms with Gasteiger partial charge in [-0.1, -0.05) is 17.4 Å². The molecule has 3 rings (SSSR count). The van der Waals surface area contributed by atoms with Crippen LogP contribution in [0, 0.1) is 6.92 Å². The number of nitrogens with zero attached hydrogens (tertiary/aromatic N) is 2. The summed E-state index contributed by atoms with van der Waals surface area (Å²) in [5, 5.41) is 11.7. The number of hydrogen-bond acceptors (Lipinski definition) is 6. The van der Waals surface area contributed by atoms with E-state index in [1.165, 1.54) is 24.6 Å². The van der Waals surface area contributed by atoms with Crippen molar-refractivity contribution in [3.63, 3.8) is 0 Å². The number of fused-ring (bicyclic) bond motifs is 1. The van der Waals surface area contributed by atoms with Gasteiger partial charge in [0.2, 0.25) is 10.6 Å². The molecule has 0 atom stereocenters. The van der Waals surface area contributed by atoms with Crippen LogP contribution < -0.4 is 15.5 Å². The Hall–Kier alpha value is -2.74. The van der Waals surface area contributed by atoms with Crippen molar-refractivity contribution in [2.45, 2.75) is 6.92 Å². The number of aryl methyl sites for hydroxylation is 1. The molecule has 2 heterocycles. The highest BCUT2D eigenvalue weighted by atomic mass is 32.1. The fraction of sp³-hybridized carbons (Fsp3) is 0.143. The first-order valence-electron chi connectivity index (χ1n) is 6.40. The summed E-state index contributed by atoms with van der Waals surface area (Å²) >= 11 is 1.24. The maximum absolute atomic E-state index is 12.5. The quantitative estimate of drug-likeness (QED) is 0.770. The molecule has 0 saturated heterocycles. The largest absolute Gasteiger partial charge is 0.495 e. The topological polar surface area (TPSA) is 97.0 Å². The van der Waals surface area contributed by atoms with Crippen LogP contribution in [0.3, 0.4) is 0 Å². The zero-order chi connectivity index (χ0) is 15.7. The van der Waals surface area contributed by atoms with E-state index in [0.29, 0.717) is 21.8 Å². The maximum atomic E-state index is 12.5. The summed E-state index contributed by atoms with van der Waals surface area (Å²) in [5.41, 5.74) is 0.193. The fourth-order valence-electron chi connectivity index (χ4n) is 2.07. The van der Waals surface area contributed by atoms with E-state index < -0.39 is 5.91 Å². The van der Waals surface area contributed by atoms with Crippen LogP contribution in [0.2, 0.25) is 0 Å². The number of aromatic nitrogens is 3. The number of H-pyrrole nitrogens is 1. The van der Waals surface area contributed by atoms with Crippen molar-refractivity contribution >= 4 is 33.3 Å². The molecule has 0 aliphatic carbocycles. The Morgan fingerprint density at radius 3 is 2.86 bits per heavy atom. The summed E-state index contributed by atoms with van der Waals surface area (Å²) in [5.74, 6) is 0.0171. The first-order chi connectivity index (χ1) is 10.6. The summed E-state index contributed by atoms with van der Waals surface area (Å²) in [7, 11) is 1.52. The summed E-state index contributed by atoms with van der Waals surface area (Å²) in [4.78, 5) is 27.6. The molecule has 0 aliphatic heterocycles. The highest BCUT2D eigenvalue weighted by molar-refractivity contribution is 7.15. The molecule has 2 N–H and O–H groups in total. The molecule has 22 heavy (non-hydrogen) atoms. The molecule has 8 heteroatoms. The molecule has 0 spiro atoms. The normalized spacial score (nSPS) is 10.6. The Labute approximate surface area is 129 Å². The molecule has 3 aromatic rings. The SMILES string of the molecule is COc1cccc2c(=O)c(C(=O)Nc3nnc(C)s3)c[nH]c12. The van der Waals surface area contributed by atoms with E-state index in [9.17, 15) is 9.59 Å². The van der Waals surface area contributed by atoms with E-state index in [1.54, 1.807) is 25.1 Å². The molecule has 2 aromatic heterocycles. The number of para-hydroxylation sites is 1. The van der Waals surface area contributed by atoms with Crippen molar-refractivity contribution in [1.82, 2.24) is 15.2 Å². The minimum absolute atomic E-state index is 0.00797. The van der Waals surface area contributed by atoms with Crippen molar-refractivity contribution in [1.29, 1.82) is 0 Å². The van der Waals surface area contributed by atoms with Gasteiger partial charge in [-0.25, -0.2) is 0 Å². The molecule has 7 nitrogen and oxygen atoms in total. The molecule has 1 aromatic carbocycles. The van der Waals surface area contributed by atoms with Gasteiger partial charge in [0.05, 0.1) is 18.0 Å². The number of rotatable bonds is 3. The Morgan fingerprint density at radius 1 is 1.36 bits per heavy atom. The lowest BCUT2D eigenvalue weighted by Crippen LogP contribution is -2.22. The third-order valence-corrected chi connectivity index (χ3v) is 3.84. The van der Waals surface area contributed by atoms with Crippen LogP contribution in [0.15, 0.2) is 29.2 Å². The Kier molecular flexibility index (Phi) is 3.60. The number of amides is 1. The summed E-state index contributed by atoms with van der Waals surface area (Å²) in [6, 6.07) is 5.08. The lowest BCUT2D eigenvalue weighted by atomic mass is 10.1. The molecular formula is C14H12N4O3S. The Balaban J connectivity index is 2.03. The van der Waals surface area contributed by atoms with Gasteiger partial charge >= 0.3 is 0 Å². The third kappa shape index (κ3) is 2.44. The summed E-state index contributed by atoms with van der Waals surface area (Å²) in [6.07, 6.45) is 1.37. The van der Waals surface area contributed by atoms with Crippen molar-refractivity contribution in [3.8, 4) is 5.75 Å². The lowest BCUT2D eigenvalue weighted by molar-refractivity contribution is 0.102. The highest BCUT2D eigenvalue weighted by Crippen LogP contribution is 2.21. The number of ether oxygens (including phenoxy) is 1. The zero-order valence-corrected chi connectivity index (χ0v) is 12.7. The molecular weight excluding hydrogens is 304 g/mol. The first kappa shape index (κ1) is 14.2. The summed E-state index contributed by atoms with van der Waals surface area (Å²) < 4.78 is 5.19. The van der Waals surface area contributed by atoms with Gasteiger partial charge in [-0.2, -0.15) is 0 Å².